The summed E-state index contributed by atoms with van der Waals surface area (Å²) < 4.78 is 5.27. The van der Waals surface area contributed by atoms with Crippen LogP contribution in [0.1, 0.15) is 33.1 Å². The first-order valence-electron chi connectivity index (χ1n) is 6.40. The lowest BCUT2D eigenvalue weighted by Crippen LogP contribution is -2.39. The fraction of sp³-hybridized carbons (Fsp3) is 0.846. The van der Waals surface area contributed by atoms with Gasteiger partial charge in [-0.2, -0.15) is 0 Å². The van der Waals surface area contributed by atoms with Crippen LogP contribution in [0.2, 0.25) is 0 Å². The van der Waals surface area contributed by atoms with Crippen molar-refractivity contribution in [2.75, 3.05) is 13.7 Å². The monoisotopic (exact) mass is 255 g/mol. The Bertz CT molecular complexity index is 366. The van der Waals surface area contributed by atoms with Crippen molar-refractivity contribution < 1.29 is 19.4 Å². The van der Waals surface area contributed by atoms with E-state index >= 15 is 0 Å². The zero-order valence-corrected chi connectivity index (χ0v) is 11.2. The van der Waals surface area contributed by atoms with Crippen LogP contribution < -0.4 is 0 Å². The second kappa shape index (κ2) is 4.53. The summed E-state index contributed by atoms with van der Waals surface area (Å²) in [5.74, 6) is -0.695. The lowest BCUT2D eigenvalue weighted by Gasteiger charge is -2.24. The van der Waals surface area contributed by atoms with Crippen LogP contribution in [0.15, 0.2) is 0 Å². The second-order valence-electron chi connectivity index (χ2n) is 6.08. The Balaban J connectivity index is 2.04. The Labute approximate surface area is 107 Å². The standard InChI is InChI=1S/C13H21NO4/c1-13(2)6-10(13)12(17)14-7-9(18-3)4-8(14)5-11(15)16/h8-10H,4-7H2,1-3H3,(H,15,16)/t8?,9?,10-/m1/s1. The summed E-state index contributed by atoms with van der Waals surface area (Å²) in [5.41, 5.74) is 0.0794. The number of carboxylic acid groups (broad SMARTS) is 1. The van der Waals surface area contributed by atoms with Gasteiger partial charge in [0.15, 0.2) is 0 Å². The third-order valence-electron chi connectivity index (χ3n) is 4.21. The Kier molecular flexibility index (Phi) is 3.36. The van der Waals surface area contributed by atoms with Crippen molar-refractivity contribution >= 4 is 11.9 Å². The predicted molar refractivity (Wildman–Crippen MR) is 65.1 cm³/mol. The van der Waals surface area contributed by atoms with E-state index in [1.807, 2.05) is 0 Å². The summed E-state index contributed by atoms with van der Waals surface area (Å²) in [7, 11) is 1.61. The van der Waals surface area contributed by atoms with Gasteiger partial charge in [-0.15, -0.1) is 0 Å². The minimum atomic E-state index is -0.857. The fourth-order valence-electron chi connectivity index (χ4n) is 2.80. The van der Waals surface area contributed by atoms with Crippen molar-refractivity contribution in [3.05, 3.63) is 0 Å². The molecule has 2 aliphatic rings. The lowest BCUT2D eigenvalue weighted by molar-refractivity contribution is -0.140. The highest BCUT2D eigenvalue weighted by molar-refractivity contribution is 5.83. The molecule has 5 nitrogen and oxygen atoms in total. The zero-order valence-electron chi connectivity index (χ0n) is 11.2. The number of methoxy groups -OCH3 is 1. The molecule has 1 aliphatic heterocycles. The minimum absolute atomic E-state index is 0.0126. The number of carboxylic acids is 1. The molecular formula is C13H21NO4. The molecule has 18 heavy (non-hydrogen) atoms. The molecule has 0 bridgehead atoms. The molecule has 0 aromatic heterocycles. The van der Waals surface area contributed by atoms with Crippen LogP contribution in [0.5, 0.6) is 0 Å². The molecule has 0 spiro atoms. The van der Waals surface area contributed by atoms with Gasteiger partial charge in [-0.25, -0.2) is 0 Å². The van der Waals surface area contributed by atoms with Crippen molar-refractivity contribution in [1.82, 2.24) is 4.90 Å². The summed E-state index contributed by atoms with van der Waals surface area (Å²) in [6.45, 7) is 4.68. The maximum Gasteiger partial charge on any atom is 0.305 e. The minimum Gasteiger partial charge on any atom is -0.481 e. The van der Waals surface area contributed by atoms with Crippen molar-refractivity contribution in [2.45, 2.75) is 45.3 Å². The van der Waals surface area contributed by atoms with E-state index in [1.54, 1.807) is 12.0 Å². The van der Waals surface area contributed by atoms with E-state index < -0.39 is 5.97 Å². The molecule has 1 N–H and O–H groups in total. The van der Waals surface area contributed by atoms with Gasteiger partial charge in [-0.1, -0.05) is 13.8 Å². The van der Waals surface area contributed by atoms with E-state index in [1.165, 1.54) is 0 Å². The van der Waals surface area contributed by atoms with E-state index in [2.05, 4.69) is 13.8 Å². The number of carbonyl (C=O) groups excluding carboxylic acids is 1. The molecule has 2 rings (SSSR count). The third-order valence-corrected chi connectivity index (χ3v) is 4.21. The van der Waals surface area contributed by atoms with E-state index in [9.17, 15) is 9.59 Å². The van der Waals surface area contributed by atoms with Gasteiger partial charge in [0, 0.05) is 25.6 Å². The van der Waals surface area contributed by atoms with Crippen molar-refractivity contribution in [1.29, 1.82) is 0 Å². The highest BCUT2D eigenvalue weighted by Crippen LogP contribution is 2.53. The van der Waals surface area contributed by atoms with Crippen LogP contribution in [-0.2, 0) is 14.3 Å². The second-order valence-corrected chi connectivity index (χ2v) is 6.08. The molecule has 3 atom stereocenters. The number of rotatable bonds is 4. The molecule has 1 saturated heterocycles. The maximum atomic E-state index is 12.4. The summed E-state index contributed by atoms with van der Waals surface area (Å²) >= 11 is 0. The van der Waals surface area contributed by atoms with Gasteiger partial charge in [0.1, 0.15) is 0 Å². The molecule has 1 amide bonds. The Morgan fingerprint density at radius 1 is 1.44 bits per heavy atom. The quantitative estimate of drug-likeness (QED) is 0.817. The van der Waals surface area contributed by atoms with E-state index in [4.69, 9.17) is 9.84 Å². The molecule has 1 saturated carbocycles. The zero-order chi connectivity index (χ0) is 13.5. The van der Waals surface area contributed by atoms with E-state index in [0.29, 0.717) is 13.0 Å². The number of carbonyl (C=O) groups is 2. The molecule has 0 radical (unpaired) electrons. The summed E-state index contributed by atoms with van der Waals surface area (Å²) in [5, 5.41) is 8.91. The number of nitrogens with zero attached hydrogens (tertiary/aromatic N) is 1. The van der Waals surface area contributed by atoms with E-state index in [-0.39, 0.29) is 35.8 Å². The number of hydrogen-bond donors (Lipinski definition) is 1. The highest BCUT2D eigenvalue weighted by atomic mass is 16.5. The predicted octanol–water partition coefficient (Wildman–Crippen LogP) is 1.12. The van der Waals surface area contributed by atoms with Gasteiger partial charge in [0.05, 0.1) is 12.5 Å². The molecule has 2 fully saturated rings. The highest BCUT2D eigenvalue weighted by Gasteiger charge is 2.53. The van der Waals surface area contributed by atoms with Gasteiger partial charge >= 0.3 is 5.97 Å². The summed E-state index contributed by atoms with van der Waals surface area (Å²) in [4.78, 5) is 24.9. The van der Waals surface area contributed by atoms with Crippen LogP contribution in [0.25, 0.3) is 0 Å². The van der Waals surface area contributed by atoms with Gasteiger partial charge in [0.25, 0.3) is 0 Å². The van der Waals surface area contributed by atoms with Gasteiger partial charge in [-0.3, -0.25) is 9.59 Å². The van der Waals surface area contributed by atoms with Gasteiger partial charge in [0.2, 0.25) is 5.91 Å². The Morgan fingerprint density at radius 2 is 2.06 bits per heavy atom. The maximum absolute atomic E-state index is 12.4. The molecule has 0 aromatic rings. The summed E-state index contributed by atoms with van der Waals surface area (Å²) in [6.07, 6.45) is 1.51. The number of hydrogen-bond acceptors (Lipinski definition) is 3. The molecule has 0 aromatic carbocycles. The summed E-state index contributed by atoms with van der Waals surface area (Å²) in [6, 6.07) is -0.212. The molecular weight excluding hydrogens is 234 g/mol. The van der Waals surface area contributed by atoms with Crippen LogP contribution in [0.4, 0.5) is 0 Å². The van der Waals surface area contributed by atoms with Crippen molar-refractivity contribution in [3.63, 3.8) is 0 Å². The molecule has 2 unspecified atom stereocenters. The SMILES string of the molecule is COC1CC(CC(=O)O)N(C(=O)[C@H]2CC2(C)C)C1. The largest absolute Gasteiger partial charge is 0.481 e. The first-order chi connectivity index (χ1) is 8.35. The molecule has 1 aliphatic carbocycles. The average molecular weight is 255 g/mol. The lowest BCUT2D eigenvalue weighted by atomic mass is 10.1. The smallest absolute Gasteiger partial charge is 0.305 e. The first-order valence-corrected chi connectivity index (χ1v) is 6.40. The van der Waals surface area contributed by atoms with E-state index in [0.717, 1.165) is 6.42 Å². The van der Waals surface area contributed by atoms with Crippen LogP contribution in [0.3, 0.4) is 0 Å². The van der Waals surface area contributed by atoms with Crippen LogP contribution in [-0.4, -0.2) is 47.7 Å². The van der Waals surface area contributed by atoms with Crippen LogP contribution >= 0.6 is 0 Å². The van der Waals surface area contributed by atoms with Gasteiger partial charge < -0.3 is 14.7 Å². The van der Waals surface area contributed by atoms with Crippen molar-refractivity contribution in [2.24, 2.45) is 11.3 Å². The van der Waals surface area contributed by atoms with Gasteiger partial charge in [-0.05, 0) is 18.3 Å². The average Bonchev–Trinajstić information content (AvgIpc) is 2.72. The number of ether oxygens (including phenoxy) is 1. The Morgan fingerprint density at radius 3 is 2.50 bits per heavy atom. The van der Waals surface area contributed by atoms with Crippen LogP contribution in [0, 0.1) is 11.3 Å². The normalized spacial score (nSPS) is 33.5. The van der Waals surface area contributed by atoms with Crippen molar-refractivity contribution in [3.8, 4) is 0 Å². The fourth-order valence-corrected chi connectivity index (χ4v) is 2.80. The molecule has 5 heteroatoms. The molecule has 1 heterocycles. The third kappa shape index (κ3) is 2.51. The number of likely N-dealkylation sites (tertiary alicyclic amines) is 1. The number of aliphatic carboxylic acids is 1. The first kappa shape index (κ1) is 13.3. The Hall–Kier alpha value is -1.10. The topological polar surface area (TPSA) is 66.8 Å². The number of amides is 1. The molecule has 102 valence electrons.